The lowest BCUT2D eigenvalue weighted by molar-refractivity contribution is 0.391. The summed E-state index contributed by atoms with van der Waals surface area (Å²) in [6.07, 6.45) is 0. The van der Waals surface area contributed by atoms with Crippen LogP contribution in [-0.2, 0) is 12.8 Å². The van der Waals surface area contributed by atoms with Gasteiger partial charge in [-0.15, -0.1) is 5.10 Å². The molecule has 18 heavy (non-hydrogen) atoms. The number of nitrogens with zero attached hydrogens (tertiary/aromatic N) is 6. The Hall–Kier alpha value is -1.74. The second-order valence-corrected chi connectivity index (χ2v) is 5.12. The summed E-state index contributed by atoms with van der Waals surface area (Å²) < 4.78 is 6.77. The molecule has 0 aliphatic heterocycles. The Balaban J connectivity index is 1.69. The lowest BCUT2D eigenvalue weighted by atomic mass is 10.3. The minimum atomic E-state index is 0.547. The number of hydrogen-bond acceptors (Lipinski definition) is 8. The highest BCUT2D eigenvalue weighted by Gasteiger charge is 2.11. The topological polar surface area (TPSA) is 82.5 Å². The van der Waals surface area contributed by atoms with Gasteiger partial charge < -0.3 is 4.52 Å². The van der Waals surface area contributed by atoms with Gasteiger partial charge in [-0.1, -0.05) is 16.9 Å². The first-order valence-electron chi connectivity index (χ1n) is 5.03. The van der Waals surface area contributed by atoms with E-state index in [0.29, 0.717) is 22.6 Å². The Labute approximate surface area is 110 Å². The minimum absolute atomic E-state index is 0.547. The molecule has 0 radical (unpaired) electrons. The van der Waals surface area contributed by atoms with Crippen LogP contribution < -0.4 is 0 Å². The van der Waals surface area contributed by atoms with Gasteiger partial charge in [0.25, 0.3) is 0 Å². The molecule has 0 spiro atoms. The zero-order chi connectivity index (χ0) is 12.4. The monoisotopic (exact) mass is 280 g/mol. The fraction of sp³-hybridized carbons (Fsp3) is 0.222. The maximum absolute atomic E-state index is 5.17. The van der Waals surface area contributed by atoms with Gasteiger partial charge in [-0.2, -0.15) is 16.3 Å². The zero-order valence-corrected chi connectivity index (χ0v) is 11.0. The smallest absolute Gasteiger partial charge is 0.237 e. The lowest BCUT2D eigenvalue weighted by Crippen LogP contribution is -1.93. The molecule has 0 atom stereocenters. The predicted molar refractivity (Wildman–Crippen MR) is 66.0 cm³/mol. The van der Waals surface area contributed by atoms with E-state index in [4.69, 9.17) is 4.52 Å². The van der Waals surface area contributed by atoms with Gasteiger partial charge >= 0.3 is 0 Å². The van der Waals surface area contributed by atoms with Gasteiger partial charge in [-0.05, 0) is 21.9 Å². The van der Waals surface area contributed by atoms with Crippen molar-refractivity contribution in [2.75, 3.05) is 0 Å². The third-order valence-electron chi connectivity index (χ3n) is 2.15. The molecule has 7 nitrogen and oxygen atoms in total. The number of thiophene rings is 1. The summed E-state index contributed by atoms with van der Waals surface area (Å²) in [5, 5.41) is 19.8. The van der Waals surface area contributed by atoms with Gasteiger partial charge in [0.05, 0.1) is 5.75 Å². The number of hydrogen-bond donors (Lipinski definition) is 0. The molecule has 0 aliphatic carbocycles. The van der Waals surface area contributed by atoms with Crippen LogP contribution in [0.25, 0.3) is 11.4 Å². The van der Waals surface area contributed by atoms with Crippen molar-refractivity contribution >= 4 is 23.1 Å². The molecule has 3 rings (SSSR count). The highest BCUT2D eigenvalue weighted by molar-refractivity contribution is 7.98. The fourth-order valence-corrected chi connectivity index (χ4v) is 2.61. The SMILES string of the molecule is Cn1nnnc1SCc1nc(-c2ccsc2)no1. The first kappa shape index (κ1) is 11.4. The number of thioether (sulfide) groups is 1. The van der Waals surface area contributed by atoms with Crippen molar-refractivity contribution in [1.29, 1.82) is 0 Å². The van der Waals surface area contributed by atoms with Crippen LogP contribution in [0.15, 0.2) is 26.5 Å². The molecule has 0 N–H and O–H groups in total. The van der Waals surface area contributed by atoms with Crippen LogP contribution in [0.4, 0.5) is 0 Å². The molecule has 9 heteroatoms. The first-order valence-corrected chi connectivity index (χ1v) is 6.96. The van der Waals surface area contributed by atoms with Crippen molar-refractivity contribution in [3.05, 3.63) is 22.7 Å². The minimum Gasteiger partial charge on any atom is -0.338 e. The molecule has 0 saturated heterocycles. The third-order valence-corrected chi connectivity index (χ3v) is 3.83. The van der Waals surface area contributed by atoms with Crippen LogP contribution in [0.5, 0.6) is 0 Å². The quantitative estimate of drug-likeness (QED) is 0.671. The summed E-state index contributed by atoms with van der Waals surface area (Å²) in [5.74, 6) is 1.72. The molecule has 0 fully saturated rings. The molecule has 3 aromatic rings. The predicted octanol–water partition coefficient (Wildman–Crippen LogP) is 1.61. The van der Waals surface area contributed by atoms with Crippen LogP contribution in [-0.4, -0.2) is 30.3 Å². The van der Waals surface area contributed by atoms with Gasteiger partial charge in [-0.3, -0.25) is 0 Å². The summed E-state index contributed by atoms with van der Waals surface area (Å²) in [4.78, 5) is 4.31. The zero-order valence-electron chi connectivity index (χ0n) is 9.35. The standard InChI is InChI=1S/C9H8N6OS2/c1-15-9(11-13-14-15)18-5-7-10-8(12-16-7)6-2-3-17-4-6/h2-4H,5H2,1H3. The van der Waals surface area contributed by atoms with Crippen molar-refractivity contribution in [3.63, 3.8) is 0 Å². The van der Waals surface area contributed by atoms with E-state index in [-0.39, 0.29) is 0 Å². The summed E-state index contributed by atoms with van der Waals surface area (Å²) in [7, 11) is 1.78. The molecule has 0 aliphatic rings. The maximum Gasteiger partial charge on any atom is 0.237 e. The molecule has 0 aromatic carbocycles. The van der Waals surface area contributed by atoms with Crippen LogP contribution >= 0.6 is 23.1 Å². The van der Waals surface area contributed by atoms with E-state index in [1.807, 2.05) is 16.8 Å². The van der Waals surface area contributed by atoms with Crippen LogP contribution in [0.3, 0.4) is 0 Å². The van der Waals surface area contributed by atoms with Gasteiger partial charge in [0, 0.05) is 18.0 Å². The largest absolute Gasteiger partial charge is 0.338 e. The van der Waals surface area contributed by atoms with E-state index in [9.17, 15) is 0 Å². The number of tetrazole rings is 1. The average Bonchev–Trinajstić information content (AvgIpc) is 3.08. The van der Waals surface area contributed by atoms with Crippen molar-refractivity contribution < 1.29 is 4.52 Å². The normalized spacial score (nSPS) is 10.9. The van der Waals surface area contributed by atoms with E-state index >= 15 is 0 Å². The highest BCUT2D eigenvalue weighted by Crippen LogP contribution is 2.22. The van der Waals surface area contributed by atoms with Gasteiger partial charge in [0.15, 0.2) is 0 Å². The van der Waals surface area contributed by atoms with Crippen molar-refractivity contribution in [2.45, 2.75) is 10.9 Å². The number of aryl methyl sites for hydroxylation is 1. The summed E-state index contributed by atoms with van der Waals surface area (Å²) in [6.45, 7) is 0. The molecule has 0 amide bonds. The summed E-state index contributed by atoms with van der Waals surface area (Å²) >= 11 is 3.05. The van der Waals surface area contributed by atoms with E-state index in [2.05, 4.69) is 25.7 Å². The molecular formula is C9H8N6OS2. The van der Waals surface area contributed by atoms with Crippen LogP contribution in [0.1, 0.15) is 5.89 Å². The summed E-state index contributed by atoms with van der Waals surface area (Å²) in [6, 6.07) is 1.96. The molecule has 0 saturated carbocycles. The van der Waals surface area contributed by atoms with Gasteiger partial charge in [0.1, 0.15) is 0 Å². The molecule has 0 unspecified atom stereocenters. The summed E-state index contributed by atoms with van der Waals surface area (Å²) in [5.41, 5.74) is 0.973. The average molecular weight is 280 g/mol. The molecule has 92 valence electrons. The number of aromatic nitrogens is 6. The highest BCUT2D eigenvalue weighted by atomic mass is 32.2. The maximum atomic E-state index is 5.17. The first-order chi connectivity index (χ1) is 8.83. The van der Waals surface area contributed by atoms with Crippen molar-refractivity contribution in [1.82, 2.24) is 30.3 Å². The number of rotatable bonds is 4. The van der Waals surface area contributed by atoms with E-state index in [1.165, 1.54) is 11.8 Å². The third kappa shape index (κ3) is 2.27. The van der Waals surface area contributed by atoms with Crippen molar-refractivity contribution in [3.8, 4) is 11.4 Å². The second kappa shape index (κ2) is 4.86. The Morgan fingerprint density at radius 2 is 2.44 bits per heavy atom. The van der Waals surface area contributed by atoms with Gasteiger partial charge in [-0.25, -0.2) is 4.68 Å². The lowest BCUT2D eigenvalue weighted by Gasteiger charge is -1.93. The van der Waals surface area contributed by atoms with E-state index in [1.54, 1.807) is 23.1 Å². The molecular weight excluding hydrogens is 272 g/mol. The second-order valence-electron chi connectivity index (χ2n) is 3.40. The Bertz CT molecular complexity index is 631. The molecule has 3 aromatic heterocycles. The Morgan fingerprint density at radius 3 is 3.17 bits per heavy atom. The van der Waals surface area contributed by atoms with Crippen molar-refractivity contribution in [2.24, 2.45) is 7.05 Å². The van der Waals surface area contributed by atoms with E-state index in [0.717, 1.165) is 5.56 Å². The Kier molecular flexibility index (Phi) is 3.07. The fourth-order valence-electron chi connectivity index (χ4n) is 1.29. The van der Waals surface area contributed by atoms with Crippen LogP contribution in [0.2, 0.25) is 0 Å². The van der Waals surface area contributed by atoms with Crippen LogP contribution in [0, 0.1) is 0 Å². The molecule has 3 heterocycles. The molecule has 0 bridgehead atoms. The van der Waals surface area contributed by atoms with E-state index < -0.39 is 0 Å². The van der Waals surface area contributed by atoms with Gasteiger partial charge in [0.2, 0.25) is 16.9 Å². The Morgan fingerprint density at radius 1 is 1.50 bits per heavy atom.